The standard InChI is InChI=1S/C13H26O3/c1-4-12(7-14-6-3)8-15-9-13(5-2)10-16-11-13/h12H,4-11H2,1-3H3. The maximum atomic E-state index is 5.82. The van der Waals surface area contributed by atoms with Crippen LogP contribution in [0.2, 0.25) is 0 Å². The minimum atomic E-state index is 0.309. The summed E-state index contributed by atoms with van der Waals surface area (Å²) in [5, 5.41) is 0. The Hall–Kier alpha value is -0.120. The molecule has 1 saturated heterocycles. The summed E-state index contributed by atoms with van der Waals surface area (Å²) in [6.45, 7) is 11.4. The summed E-state index contributed by atoms with van der Waals surface area (Å²) in [7, 11) is 0. The van der Waals surface area contributed by atoms with Crippen molar-refractivity contribution in [1.29, 1.82) is 0 Å². The molecule has 1 aliphatic heterocycles. The van der Waals surface area contributed by atoms with Crippen molar-refractivity contribution >= 4 is 0 Å². The van der Waals surface area contributed by atoms with E-state index in [2.05, 4.69) is 13.8 Å². The number of hydrogen-bond donors (Lipinski definition) is 0. The Morgan fingerprint density at radius 2 is 1.81 bits per heavy atom. The minimum absolute atomic E-state index is 0.309. The van der Waals surface area contributed by atoms with E-state index in [1.807, 2.05) is 6.92 Å². The molecule has 0 radical (unpaired) electrons. The number of hydrogen-bond acceptors (Lipinski definition) is 3. The highest BCUT2D eigenvalue weighted by Gasteiger charge is 2.37. The van der Waals surface area contributed by atoms with Gasteiger partial charge in [-0.3, -0.25) is 0 Å². The van der Waals surface area contributed by atoms with Crippen LogP contribution in [0.5, 0.6) is 0 Å². The van der Waals surface area contributed by atoms with E-state index in [0.717, 1.165) is 52.5 Å². The zero-order valence-corrected chi connectivity index (χ0v) is 11.0. The highest BCUT2D eigenvalue weighted by Crippen LogP contribution is 2.31. The Morgan fingerprint density at radius 3 is 2.25 bits per heavy atom. The maximum Gasteiger partial charge on any atom is 0.0566 e. The fraction of sp³-hybridized carbons (Fsp3) is 1.00. The third kappa shape index (κ3) is 4.04. The highest BCUT2D eigenvalue weighted by molar-refractivity contribution is 4.83. The van der Waals surface area contributed by atoms with Gasteiger partial charge in [-0.2, -0.15) is 0 Å². The normalized spacial score (nSPS) is 20.4. The Balaban J connectivity index is 2.12. The lowest BCUT2D eigenvalue weighted by Crippen LogP contribution is -2.46. The SMILES string of the molecule is CCOCC(CC)COCC1(CC)COC1. The van der Waals surface area contributed by atoms with E-state index >= 15 is 0 Å². The van der Waals surface area contributed by atoms with Crippen LogP contribution in [-0.4, -0.2) is 39.6 Å². The molecule has 0 amide bonds. The van der Waals surface area contributed by atoms with Crippen LogP contribution in [0.15, 0.2) is 0 Å². The third-order valence-electron chi connectivity index (χ3n) is 3.46. The van der Waals surface area contributed by atoms with Gasteiger partial charge >= 0.3 is 0 Å². The van der Waals surface area contributed by atoms with E-state index in [1.165, 1.54) is 0 Å². The van der Waals surface area contributed by atoms with Crippen LogP contribution in [-0.2, 0) is 14.2 Å². The van der Waals surface area contributed by atoms with E-state index in [0.29, 0.717) is 11.3 Å². The van der Waals surface area contributed by atoms with Gasteiger partial charge < -0.3 is 14.2 Å². The largest absolute Gasteiger partial charge is 0.381 e. The molecule has 0 aromatic carbocycles. The predicted octanol–water partition coefficient (Wildman–Crippen LogP) is 2.49. The Kier molecular flexibility index (Phi) is 6.32. The molecule has 0 aliphatic carbocycles. The summed E-state index contributed by atoms with van der Waals surface area (Å²) in [4.78, 5) is 0. The van der Waals surface area contributed by atoms with Crippen LogP contribution >= 0.6 is 0 Å². The fourth-order valence-electron chi connectivity index (χ4n) is 1.79. The highest BCUT2D eigenvalue weighted by atomic mass is 16.5. The van der Waals surface area contributed by atoms with Crippen molar-refractivity contribution in [2.45, 2.75) is 33.6 Å². The lowest BCUT2D eigenvalue weighted by molar-refractivity contribution is -0.153. The van der Waals surface area contributed by atoms with Gasteiger partial charge in [0.25, 0.3) is 0 Å². The first-order valence-electron chi connectivity index (χ1n) is 6.49. The lowest BCUT2D eigenvalue weighted by Gasteiger charge is -2.40. The van der Waals surface area contributed by atoms with Crippen LogP contribution in [0.4, 0.5) is 0 Å². The number of rotatable bonds is 9. The predicted molar refractivity (Wildman–Crippen MR) is 64.6 cm³/mol. The van der Waals surface area contributed by atoms with E-state index < -0.39 is 0 Å². The average molecular weight is 230 g/mol. The second kappa shape index (κ2) is 7.25. The molecule has 3 heteroatoms. The summed E-state index contributed by atoms with van der Waals surface area (Å²) in [6.07, 6.45) is 2.27. The first-order valence-corrected chi connectivity index (χ1v) is 6.49. The van der Waals surface area contributed by atoms with Crippen molar-refractivity contribution in [3.8, 4) is 0 Å². The molecule has 0 saturated carbocycles. The van der Waals surface area contributed by atoms with Crippen LogP contribution in [0.1, 0.15) is 33.6 Å². The molecular weight excluding hydrogens is 204 g/mol. The van der Waals surface area contributed by atoms with E-state index in [4.69, 9.17) is 14.2 Å². The van der Waals surface area contributed by atoms with Crippen LogP contribution < -0.4 is 0 Å². The summed E-state index contributed by atoms with van der Waals surface area (Å²) in [5.74, 6) is 0.537. The van der Waals surface area contributed by atoms with E-state index in [-0.39, 0.29) is 0 Å². The van der Waals surface area contributed by atoms with Gasteiger partial charge in [-0.1, -0.05) is 13.8 Å². The van der Waals surface area contributed by atoms with E-state index in [1.54, 1.807) is 0 Å². The summed E-state index contributed by atoms with van der Waals surface area (Å²) in [5.41, 5.74) is 0.309. The molecule has 1 fully saturated rings. The molecule has 16 heavy (non-hydrogen) atoms. The number of ether oxygens (including phenoxy) is 3. The van der Waals surface area contributed by atoms with Crippen LogP contribution in [0, 0.1) is 11.3 Å². The molecule has 0 bridgehead atoms. The van der Waals surface area contributed by atoms with Crippen LogP contribution in [0.25, 0.3) is 0 Å². The van der Waals surface area contributed by atoms with Gasteiger partial charge in [0.15, 0.2) is 0 Å². The van der Waals surface area contributed by atoms with Gasteiger partial charge in [0.2, 0.25) is 0 Å². The molecule has 0 aromatic rings. The molecule has 1 heterocycles. The molecule has 1 atom stereocenters. The lowest BCUT2D eigenvalue weighted by atomic mass is 9.84. The second-order valence-corrected chi connectivity index (χ2v) is 4.80. The molecule has 1 aliphatic rings. The monoisotopic (exact) mass is 230 g/mol. The molecule has 1 unspecified atom stereocenters. The molecule has 0 N–H and O–H groups in total. The Labute approximate surface area is 99.5 Å². The van der Waals surface area contributed by atoms with Gasteiger partial charge in [-0.15, -0.1) is 0 Å². The van der Waals surface area contributed by atoms with Crippen molar-refractivity contribution in [3.05, 3.63) is 0 Å². The van der Waals surface area contributed by atoms with E-state index in [9.17, 15) is 0 Å². The van der Waals surface area contributed by atoms with Gasteiger partial charge in [-0.25, -0.2) is 0 Å². The summed E-state index contributed by atoms with van der Waals surface area (Å²) >= 11 is 0. The van der Waals surface area contributed by atoms with Crippen LogP contribution in [0.3, 0.4) is 0 Å². The Bertz CT molecular complexity index is 173. The quantitative estimate of drug-likeness (QED) is 0.609. The van der Waals surface area contributed by atoms with Gasteiger partial charge in [-0.05, 0) is 19.8 Å². The molecule has 3 nitrogen and oxygen atoms in total. The molecule has 0 aromatic heterocycles. The smallest absolute Gasteiger partial charge is 0.0566 e. The summed E-state index contributed by atoms with van der Waals surface area (Å²) < 4.78 is 16.5. The summed E-state index contributed by atoms with van der Waals surface area (Å²) in [6, 6.07) is 0. The maximum absolute atomic E-state index is 5.82. The van der Waals surface area contributed by atoms with Gasteiger partial charge in [0.1, 0.15) is 0 Å². The molecule has 1 rings (SSSR count). The first kappa shape index (κ1) is 13.9. The molecular formula is C13H26O3. The van der Waals surface area contributed by atoms with Crippen molar-refractivity contribution < 1.29 is 14.2 Å². The van der Waals surface area contributed by atoms with Crippen molar-refractivity contribution in [2.75, 3.05) is 39.6 Å². The zero-order chi connectivity index (χ0) is 11.9. The van der Waals surface area contributed by atoms with Crippen molar-refractivity contribution in [3.63, 3.8) is 0 Å². The topological polar surface area (TPSA) is 27.7 Å². The van der Waals surface area contributed by atoms with Gasteiger partial charge in [0, 0.05) is 17.9 Å². The Morgan fingerprint density at radius 1 is 1.12 bits per heavy atom. The minimum Gasteiger partial charge on any atom is -0.381 e. The second-order valence-electron chi connectivity index (χ2n) is 4.80. The molecule has 96 valence electrons. The average Bonchev–Trinajstić information content (AvgIpc) is 2.26. The first-order chi connectivity index (χ1) is 7.76. The van der Waals surface area contributed by atoms with Crippen molar-refractivity contribution in [1.82, 2.24) is 0 Å². The fourth-order valence-corrected chi connectivity index (χ4v) is 1.79. The zero-order valence-electron chi connectivity index (χ0n) is 11.0. The third-order valence-corrected chi connectivity index (χ3v) is 3.46. The molecule has 0 spiro atoms. The van der Waals surface area contributed by atoms with Gasteiger partial charge in [0.05, 0.1) is 33.0 Å². The van der Waals surface area contributed by atoms with Crippen molar-refractivity contribution in [2.24, 2.45) is 11.3 Å².